The normalized spacial score (nSPS) is 15.6. The van der Waals surface area contributed by atoms with E-state index in [1.165, 1.54) is 0 Å². The molecule has 1 N–H and O–H groups in total. The van der Waals surface area contributed by atoms with Crippen molar-refractivity contribution in [1.29, 1.82) is 0 Å². The fraction of sp³-hybridized carbons (Fsp3) is 0.174. The predicted octanol–water partition coefficient (Wildman–Crippen LogP) is 3.58. The van der Waals surface area contributed by atoms with Gasteiger partial charge < -0.3 is 14.8 Å². The quantitative estimate of drug-likeness (QED) is 0.678. The second-order valence-corrected chi connectivity index (χ2v) is 9.27. The number of amides is 1. The van der Waals surface area contributed by atoms with E-state index in [1.807, 2.05) is 25.1 Å². The molecule has 0 saturated heterocycles. The second kappa shape index (κ2) is 7.31. The zero-order chi connectivity index (χ0) is 21.6. The van der Waals surface area contributed by atoms with E-state index < -0.39 is 15.9 Å². The lowest BCUT2D eigenvalue weighted by molar-refractivity contribution is -0.114. The van der Waals surface area contributed by atoms with E-state index in [-0.39, 0.29) is 11.4 Å². The molecule has 0 saturated carbocycles. The summed E-state index contributed by atoms with van der Waals surface area (Å²) in [4.78, 5) is 13.0. The van der Waals surface area contributed by atoms with E-state index in [9.17, 15) is 13.2 Å². The fourth-order valence-electron chi connectivity index (χ4n) is 3.87. The lowest BCUT2D eigenvalue weighted by atomic mass is 10.0. The van der Waals surface area contributed by atoms with Crippen LogP contribution >= 0.6 is 0 Å². The van der Waals surface area contributed by atoms with E-state index in [1.54, 1.807) is 42.5 Å². The number of ether oxygens (including phenoxy) is 2. The molecule has 0 atom stereocenters. The van der Waals surface area contributed by atoms with E-state index in [4.69, 9.17) is 9.47 Å². The minimum absolute atomic E-state index is 0.195. The lowest BCUT2D eigenvalue weighted by Gasteiger charge is -2.31. The molecule has 31 heavy (non-hydrogen) atoms. The Balaban J connectivity index is 1.47. The number of hydrogen-bond donors (Lipinski definition) is 1. The maximum atomic E-state index is 13.3. The highest BCUT2D eigenvalue weighted by Gasteiger charge is 2.35. The first-order valence-electron chi connectivity index (χ1n) is 9.86. The number of fused-ring (bicyclic) bond motifs is 4. The Morgan fingerprint density at radius 3 is 2.58 bits per heavy atom. The van der Waals surface area contributed by atoms with E-state index in [0.717, 1.165) is 15.4 Å². The van der Waals surface area contributed by atoms with Crippen molar-refractivity contribution >= 4 is 27.3 Å². The van der Waals surface area contributed by atoms with Gasteiger partial charge in [-0.05, 0) is 37.3 Å². The SMILES string of the molecule is Cc1ccc2c(c1)-c1ccccc1S(=O)(=O)N2CC(=O)Nc1ccc2c(c1)OCCO2. The summed E-state index contributed by atoms with van der Waals surface area (Å²) in [7, 11) is -3.88. The fourth-order valence-corrected chi connectivity index (χ4v) is 5.52. The van der Waals surface area contributed by atoms with Crippen LogP contribution in [0, 0.1) is 6.92 Å². The summed E-state index contributed by atoms with van der Waals surface area (Å²) in [6.45, 7) is 2.52. The van der Waals surface area contributed by atoms with Crippen molar-refractivity contribution in [2.45, 2.75) is 11.8 Å². The average Bonchev–Trinajstić information content (AvgIpc) is 2.77. The molecule has 3 aromatic rings. The van der Waals surface area contributed by atoms with Crippen LogP contribution in [0.2, 0.25) is 0 Å². The van der Waals surface area contributed by atoms with E-state index in [0.29, 0.717) is 41.7 Å². The number of nitrogens with one attached hydrogen (secondary N) is 1. The number of nitrogens with zero attached hydrogens (tertiary/aromatic N) is 1. The highest BCUT2D eigenvalue weighted by atomic mass is 32.2. The lowest BCUT2D eigenvalue weighted by Crippen LogP contribution is -2.40. The number of carbonyl (C=O) groups is 1. The number of benzene rings is 3. The molecule has 0 spiro atoms. The minimum atomic E-state index is -3.88. The number of anilines is 2. The molecule has 0 fully saturated rings. The standard InChI is InChI=1S/C23H20N2O5S/c1-15-6-8-19-18(12-15)17-4-2-3-5-22(17)31(27,28)25(19)14-23(26)24-16-7-9-20-21(13-16)30-11-10-29-20/h2-9,12-13H,10-11,14H2,1H3,(H,24,26). The number of sulfonamides is 1. The zero-order valence-electron chi connectivity index (χ0n) is 16.8. The summed E-state index contributed by atoms with van der Waals surface area (Å²) >= 11 is 0. The smallest absolute Gasteiger partial charge is 0.265 e. The van der Waals surface area contributed by atoms with Gasteiger partial charge in [-0.25, -0.2) is 8.42 Å². The molecule has 7 nitrogen and oxygen atoms in total. The molecule has 8 heteroatoms. The first-order valence-corrected chi connectivity index (χ1v) is 11.3. The molecule has 0 unspecified atom stereocenters. The van der Waals surface area contributed by atoms with Crippen LogP contribution in [0.25, 0.3) is 11.1 Å². The molecule has 2 aliphatic rings. The van der Waals surface area contributed by atoms with Gasteiger partial charge in [-0.2, -0.15) is 0 Å². The Hall–Kier alpha value is -3.52. The molecule has 5 rings (SSSR count). The van der Waals surface area contributed by atoms with Crippen LogP contribution in [0.5, 0.6) is 11.5 Å². The van der Waals surface area contributed by atoms with Crippen molar-refractivity contribution in [1.82, 2.24) is 0 Å². The van der Waals surface area contributed by atoms with Crippen molar-refractivity contribution in [3.8, 4) is 22.6 Å². The van der Waals surface area contributed by atoms with Gasteiger partial charge in [-0.3, -0.25) is 9.10 Å². The number of hydrogen-bond acceptors (Lipinski definition) is 5. The summed E-state index contributed by atoms with van der Waals surface area (Å²) in [5.74, 6) is 0.708. The van der Waals surface area contributed by atoms with Gasteiger partial charge in [0.2, 0.25) is 5.91 Å². The van der Waals surface area contributed by atoms with Gasteiger partial charge in [0.25, 0.3) is 10.0 Å². The van der Waals surface area contributed by atoms with Gasteiger partial charge in [0, 0.05) is 22.9 Å². The Kier molecular flexibility index (Phi) is 4.59. The van der Waals surface area contributed by atoms with Crippen LogP contribution in [-0.4, -0.2) is 34.1 Å². The van der Waals surface area contributed by atoms with E-state index >= 15 is 0 Å². The highest BCUT2D eigenvalue weighted by Crippen LogP contribution is 2.43. The maximum Gasteiger partial charge on any atom is 0.265 e. The Labute approximate surface area is 180 Å². The molecule has 2 aliphatic heterocycles. The molecule has 0 bridgehead atoms. The van der Waals surface area contributed by atoms with Gasteiger partial charge in [0.15, 0.2) is 11.5 Å². The molecule has 2 heterocycles. The molecule has 1 amide bonds. The topological polar surface area (TPSA) is 84.9 Å². The Bertz CT molecular complexity index is 1300. The van der Waals surface area contributed by atoms with Crippen LogP contribution in [0.15, 0.2) is 65.6 Å². The van der Waals surface area contributed by atoms with Crippen molar-refractivity contribution in [3.63, 3.8) is 0 Å². The van der Waals surface area contributed by atoms with Gasteiger partial charge in [0.05, 0.1) is 10.6 Å². The molecule has 3 aromatic carbocycles. The molecule has 0 aromatic heterocycles. The van der Waals surface area contributed by atoms with Crippen LogP contribution in [0.4, 0.5) is 11.4 Å². The summed E-state index contributed by atoms with van der Waals surface area (Å²) < 4.78 is 38.9. The molecule has 158 valence electrons. The van der Waals surface area contributed by atoms with Crippen LogP contribution in [0.1, 0.15) is 5.56 Å². The monoisotopic (exact) mass is 436 g/mol. The summed E-state index contributed by atoms with van der Waals surface area (Å²) in [5.41, 5.74) is 3.44. The van der Waals surface area contributed by atoms with Crippen molar-refractivity contribution < 1.29 is 22.7 Å². The summed E-state index contributed by atoms with van der Waals surface area (Å²) in [5, 5.41) is 2.76. The molecular weight excluding hydrogens is 416 g/mol. The first-order chi connectivity index (χ1) is 14.9. The highest BCUT2D eigenvalue weighted by molar-refractivity contribution is 7.93. The molecular formula is C23H20N2O5S. The number of rotatable bonds is 3. The van der Waals surface area contributed by atoms with Crippen LogP contribution < -0.4 is 19.1 Å². The Morgan fingerprint density at radius 1 is 0.968 bits per heavy atom. The third kappa shape index (κ3) is 3.38. The van der Waals surface area contributed by atoms with Crippen molar-refractivity contribution in [3.05, 3.63) is 66.2 Å². The number of aryl methyl sites for hydroxylation is 1. The second-order valence-electron chi connectivity index (χ2n) is 7.44. The summed E-state index contributed by atoms with van der Waals surface area (Å²) in [6, 6.07) is 17.5. The van der Waals surface area contributed by atoms with E-state index in [2.05, 4.69) is 5.32 Å². The molecule has 0 aliphatic carbocycles. The first kappa shape index (κ1) is 19.4. The van der Waals surface area contributed by atoms with Crippen LogP contribution in [-0.2, 0) is 14.8 Å². The van der Waals surface area contributed by atoms with Crippen molar-refractivity contribution in [2.75, 3.05) is 29.4 Å². The predicted molar refractivity (Wildman–Crippen MR) is 117 cm³/mol. The molecule has 0 radical (unpaired) electrons. The van der Waals surface area contributed by atoms with Gasteiger partial charge in [-0.1, -0.05) is 29.8 Å². The third-order valence-electron chi connectivity index (χ3n) is 5.28. The van der Waals surface area contributed by atoms with Crippen molar-refractivity contribution in [2.24, 2.45) is 0 Å². The van der Waals surface area contributed by atoms with Gasteiger partial charge in [0.1, 0.15) is 19.8 Å². The zero-order valence-corrected chi connectivity index (χ0v) is 17.6. The average molecular weight is 436 g/mol. The summed E-state index contributed by atoms with van der Waals surface area (Å²) in [6.07, 6.45) is 0. The van der Waals surface area contributed by atoms with Gasteiger partial charge in [-0.15, -0.1) is 0 Å². The van der Waals surface area contributed by atoms with Crippen LogP contribution in [0.3, 0.4) is 0 Å². The number of carbonyl (C=O) groups excluding carboxylic acids is 1. The maximum absolute atomic E-state index is 13.3. The Morgan fingerprint density at radius 2 is 1.74 bits per heavy atom. The third-order valence-corrected chi connectivity index (χ3v) is 7.10. The minimum Gasteiger partial charge on any atom is -0.486 e. The van der Waals surface area contributed by atoms with Gasteiger partial charge >= 0.3 is 0 Å². The largest absolute Gasteiger partial charge is 0.486 e.